The van der Waals surface area contributed by atoms with E-state index in [1.165, 1.54) is 30.4 Å². The van der Waals surface area contributed by atoms with E-state index in [1.54, 1.807) is 0 Å². The number of fused-ring (bicyclic) bond motifs is 3. The van der Waals surface area contributed by atoms with E-state index in [0.29, 0.717) is 23.7 Å². The smallest absolute Gasteiger partial charge is 0.154 e. The molecule has 2 aromatic rings. The first-order chi connectivity index (χ1) is 12.3. The molecule has 2 unspecified atom stereocenters. The van der Waals surface area contributed by atoms with Gasteiger partial charge in [-0.2, -0.15) is 0 Å². The highest BCUT2D eigenvalue weighted by molar-refractivity contribution is 5.90. The highest BCUT2D eigenvalue weighted by Gasteiger charge is 2.54. The van der Waals surface area contributed by atoms with Crippen molar-refractivity contribution < 1.29 is 4.79 Å². The Morgan fingerprint density at radius 1 is 0.880 bits per heavy atom. The molecule has 1 aliphatic carbocycles. The Hall–Kier alpha value is -1.93. The van der Waals surface area contributed by atoms with Gasteiger partial charge >= 0.3 is 0 Å². The van der Waals surface area contributed by atoms with Crippen LogP contribution in [0.25, 0.3) is 0 Å². The number of ketones is 1. The molecule has 0 aromatic heterocycles. The lowest BCUT2D eigenvalue weighted by Gasteiger charge is -2.53. The van der Waals surface area contributed by atoms with Crippen LogP contribution in [-0.4, -0.2) is 29.3 Å². The van der Waals surface area contributed by atoms with Crippen molar-refractivity contribution in [1.82, 2.24) is 4.90 Å². The van der Waals surface area contributed by atoms with Gasteiger partial charge in [-0.15, -0.1) is 0 Å². The minimum absolute atomic E-state index is 0.0166. The molecule has 0 radical (unpaired) electrons. The van der Waals surface area contributed by atoms with E-state index in [0.717, 1.165) is 13.0 Å². The van der Waals surface area contributed by atoms with Crippen LogP contribution in [0.1, 0.15) is 42.7 Å². The molecule has 5 aliphatic rings. The fraction of sp³-hybridized carbons (Fsp3) is 0.435. The summed E-state index contributed by atoms with van der Waals surface area (Å²) in [6, 6.07) is 21.9. The first kappa shape index (κ1) is 15.3. The van der Waals surface area contributed by atoms with Crippen molar-refractivity contribution in [2.24, 2.45) is 11.8 Å². The number of nitrogens with zero attached hydrogens (tertiary/aromatic N) is 1. The van der Waals surface area contributed by atoms with Gasteiger partial charge in [-0.1, -0.05) is 67.1 Å². The largest absolute Gasteiger partial charge is 0.298 e. The maximum Gasteiger partial charge on any atom is 0.154 e. The summed E-state index contributed by atoms with van der Waals surface area (Å²) >= 11 is 0. The van der Waals surface area contributed by atoms with Crippen LogP contribution < -0.4 is 0 Å². The van der Waals surface area contributed by atoms with Crippen molar-refractivity contribution in [3.05, 3.63) is 71.8 Å². The van der Waals surface area contributed by atoms with Crippen molar-refractivity contribution in [2.45, 2.75) is 43.7 Å². The molecule has 4 aliphatic heterocycles. The lowest BCUT2D eigenvalue weighted by atomic mass is 9.67. The number of hydrogen-bond acceptors (Lipinski definition) is 2. The van der Waals surface area contributed by atoms with Crippen LogP contribution in [-0.2, 0) is 4.79 Å². The second kappa shape index (κ2) is 6.10. The van der Waals surface area contributed by atoms with Gasteiger partial charge in [-0.3, -0.25) is 9.69 Å². The van der Waals surface area contributed by atoms with E-state index in [-0.39, 0.29) is 12.0 Å². The van der Waals surface area contributed by atoms with Crippen LogP contribution in [0.15, 0.2) is 60.7 Å². The van der Waals surface area contributed by atoms with Crippen molar-refractivity contribution >= 4 is 5.78 Å². The van der Waals surface area contributed by atoms with Crippen LogP contribution >= 0.6 is 0 Å². The molecule has 25 heavy (non-hydrogen) atoms. The topological polar surface area (TPSA) is 20.3 Å². The zero-order valence-electron chi connectivity index (χ0n) is 14.6. The molecule has 128 valence electrons. The van der Waals surface area contributed by atoms with Gasteiger partial charge in [0.25, 0.3) is 0 Å². The van der Waals surface area contributed by atoms with Gasteiger partial charge < -0.3 is 0 Å². The molecule has 4 bridgehead atoms. The number of benzene rings is 2. The number of carbonyl (C=O) groups excluding carboxylic acids is 1. The number of carbonyl (C=O) groups is 1. The summed E-state index contributed by atoms with van der Waals surface area (Å²) in [5.74, 6) is 1.57. The van der Waals surface area contributed by atoms with Gasteiger partial charge in [0.1, 0.15) is 0 Å². The third-order valence-electron chi connectivity index (χ3n) is 6.77. The second-order valence-corrected chi connectivity index (χ2v) is 8.03. The monoisotopic (exact) mass is 331 g/mol. The Kier molecular flexibility index (Phi) is 3.74. The van der Waals surface area contributed by atoms with E-state index in [9.17, 15) is 4.79 Å². The molecule has 1 saturated carbocycles. The normalized spacial score (nSPS) is 33.6. The number of rotatable bonds is 3. The minimum Gasteiger partial charge on any atom is -0.298 e. The third kappa shape index (κ3) is 2.46. The summed E-state index contributed by atoms with van der Waals surface area (Å²) in [4.78, 5) is 16.1. The molecule has 4 heterocycles. The van der Waals surface area contributed by atoms with E-state index >= 15 is 0 Å². The summed E-state index contributed by atoms with van der Waals surface area (Å²) in [5, 5.41) is 0. The molecule has 2 heteroatoms. The van der Waals surface area contributed by atoms with Crippen molar-refractivity contribution in [3.8, 4) is 0 Å². The van der Waals surface area contributed by atoms with Gasteiger partial charge in [-0.25, -0.2) is 0 Å². The first-order valence-electron chi connectivity index (χ1n) is 9.72. The van der Waals surface area contributed by atoms with Crippen LogP contribution in [0.2, 0.25) is 0 Å². The average Bonchev–Trinajstić information content (AvgIpc) is 2.98. The minimum atomic E-state index is 0.0166. The first-order valence-corrected chi connectivity index (χ1v) is 9.72. The Labute approximate surface area is 149 Å². The fourth-order valence-corrected chi connectivity index (χ4v) is 5.67. The maximum atomic E-state index is 13.5. The Balaban J connectivity index is 1.61. The lowest BCUT2D eigenvalue weighted by molar-refractivity contribution is -0.146. The standard InChI is InChI=1S/C23H25NO/c25-23-20-14-19-13-7-12-18(20)15-24(19)22(23)21(16-8-3-1-4-9-16)17-10-5-2-6-11-17/h1-6,8-11,18-22H,7,12-15H2/t18-,19-,20+,22?/m0/s1. The predicted octanol–water partition coefficient (Wildman–Crippen LogP) is 4.26. The zero-order valence-corrected chi connectivity index (χ0v) is 14.6. The van der Waals surface area contributed by atoms with Gasteiger partial charge in [0.05, 0.1) is 6.04 Å². The quantitative estimate of drug-likeness (QED) is 0.837. The van der Waals surface area contributed by atoms with Gasteiger partial charge in [0.2, 0.25) is 0 Å². The summed E-state index contributed by atoms with van der Waals surface area (Å²) in [7, 11) is 0. The molecule has 5 atom stereocenters. The molecule has 0 N–H and O–H groups in total. The molecule has 7 rings (SSSR count). The van der Waals surface area contributed by atoms with E-state index in [2.05, 4.69) is 65.6 Å². The average molecular weight is 331 g/mol. The van der Waals surface area contributed by atoms with Crippen LogP contribution in [0.3, 0.4) is 0 Å². The fourth-order valence-electron chi connectivity index (χ4n) is 5.67. The van der Waals surface area contributed by atoms with E-state index in [1.807, 2.05) is 0 Å². The Morgan fingerprint density at radius 2 is 1.52 bits per heavy atom. The highest BCUT2D eigenvalue weighted by Crippen LogP contribution is 2.48. The van der Waals surface area contributed by atoms with Crippen LogP contribution in [0.4, 0.5) is 0 Å². The predicted molar refractivity (Wildman–Crippen MR) is 99.5 cm³/mol. The van der Waals surface area contributed by atoms with E-state index < -0.39 is 0 Å². The van der Waals surface area contributed by atoms with Gasteiger partial charge in [0, 0.05) is 24.4 Å². The molecular weight excluding hydrogens is 306 g/mol. The molecule has 2 aromatic carbocycles. The summed E-state index contributed by atoms with van der Waals surface area (Å²) in [5.41, 5.74) is 2.54. The molecule has 0 spiro atoms. The number of Topliss-reactive ketones (excluding diaryl/α,β-unsaturated/α-hetero) is 1. The maximum absolute atomic E-state index is 13.5. The second-order valence-electron chi connectivity index (χ2n) is 8.03. The van der Waals surface area contributed by atoms with Crippen LogP contribution in [0, 0.1) is 11.8 Å². The van der Waals surface area contributed by atoms with E-state index in [4.69, 9.17) is 0 Å². The molecular formula is C23H25NO. The highest BCUT2D eigenvalue weighted by atomic mass is 16.1. The Morgan fingerprint density at radius 3 is 2.16 bits per heavy atom. The molecule has 4 saturated heterocycles. The van der Waals surface area contributed by atoms with Crippen molar-refractivity contribution in [1.29, 1.82) is 0 Å². The molecule has 2 nitrogen and oxygen atoms in total. The summed E-state index contributed by atoms with van der Waals surface area (Å²) < 4.78 is 0. The third-order valence-corrected chi connectivity index (χ3v) is 6.77. The lowest BCUT2D eigenvalue weighted by Crippen LogP contribution is -2.64. The Bertz CT molecular complexity index is 717. The van der Waals surface area contributed by atoms with Crippen molar-refractivity contribution in [2.75, 3.05) is 6.54 Å². The number of hydrogen-bond donors (Lipinski definition) is 0. The summed E-state index contributed by atoms with van der Waals surface area (Å²) in [6.45, 7) is 1.13. The molecule has 5 fully saturated rings. The molecule has 0 amide bonds. The van der Waals surface area contributed by atoms with Gasteiger partial charge in [0.15, 0.2) is 5.78 Å². The SMILES string of the molecule is O=C1C(C(c2ccccc2)c2ccccc2)N2C[C@@H]3CCC[C@H]2C[C@@H]13. The summed E-state index contributed by atoms with van der Waals surface area (Å²) in [6.07, 6.45) is 4.92. The van der Waals surface area contributed by atoms with Crippen LogP contribution in [0.5, 0.6) is 0 Å². The zero-order chi connectivity index (χ0) is 16.8. The van der Waals surface area contributed by atoms with Gasteiger partial charge in [-0.05, 0) is 36.3 Å². The number of piperidine rings is 3. The van der Waals surface area contributed by atoms with Crippen molar-refractivity contribution in [3.63, 3.8) is 0 Å².